The summed E-state index contributed by atoms with van der Waals surface area (Å²) in [5, 5.41) is 3.69. The quantitative estimate of drug-likeness (QED) is 0.597. The molecule has 25 heavy (non-hydrogen) atoms. The van der Waals surface area contributed by atoms with Crippen molar-refractivity contribution in [3.05, 3.63) is 41.2 Å². The minimum absolute atomic E-state index is 0.0673. The van der Waals surface area contributed by atoms with E-state index in [1.54, 1.807) is 24.3 Å². The highest BCUT2D eigenvalue weighted by Gasteiger charge is 2.15. The van der Waals surface area contributed by atoms with E-state index >= 15 is 0 Å². The average molecular weight is 359 g/mol. The number of carbonyl (C=O) groups is 2. The van der Waals surface area contributed by atoms with Crippen molar-refractivity contribution in [2.75, 3.05) is 11.1 Å². The number of hydrogen-bond donors (Lipinski definition) is 1. The fourth-order valence-electron chi connectivity index (χ4n) is 2.53. The third-order valence-corrected chi connectivity index (χ3v) is 4.86. The summed E-state index contributed by atoms with van der Waals surface area (Å²) >= 11 is 1.42. The Morgan fingerprint density at radius 3 is 2.56 bits per heavy atom. The molecule has 1 N–H and O–H groups in total. The fraction of sp³-hybridized carbons (Fsp3) is 0.421. The van der Waals surface area contributed by atoms with Gasteiger partial charge in [-0.15, -0.1) is 0 Å². The first-order valence-electron chi connectivity index (χ1n) is 8.36. The summed E-state index contributed by atoms with van der Waals surface area (Å²) in [5.74, 6) is 0.540. The number of nitrogens with one attached hydrogen (secondary N) is 1. The van der Waals surface area contributed by atoms with Crippen LogP contribution in [0.5, 0.6) is 0 Å². The van der Waals surface area contributed by atoms with Gasteiger partial charge in [-0.05, 0) is 38.8 Å². The number of hydrogen-bond acceptors (Lipinski definition) is 4. The van der Waals surface area contributed by atoms with E-state index in [4.69, 9.17) is 0 Å². The lowest BCUT2D eigenvalue weighted by Gasteiger charge is -2.12. The zero-order chi connectivity index (χ0) is 18.6. The van der Waals surface area contributed by atoms with Crippen LogP contribution in [0, 0.1) is 19.8 Å². The highest BCUT2D eigenvalue weighted by molar-refractivity contribution is 7.99. The van der Waals surface area contributed by atoms with Gasteiger partial charge < -0.3 is 9.88 Å². The van der Waals surface area contributed by atoms with Crippen LogP contribution in [-0.4, -0.2) is 27.0 Å². The Hall–Kier alpha value is -2.08. The number of para-hydroxylation sites is 1. The third-order valence-electron chi connectivity index (χ3n) is 3.88. The molecule has 0 spiro atoms. The van der Waals surface area contributed by atoms with Gasteiger partial charge in [-0.3, -0.25) is 9.59 Å². The SMILES string of the molecule is CC(=O)c1ccccc1NC(=O)CSc1nc(C)c(C)n1CC(C)C. The Labute approximate surface area is 153 Å². The molecule has 0 saturated carbocycles. The highest BCUT2D eigenvalue weighted by Crippen LogP contribution is 2.23. The van der Waals surface area contributed by atoms with E-state index in [1.165, 1.54) is 18.7 Å². The zero-order valence-electron chi connectivity index (χ0n) is 15.4. The van der Waals surface area contributed by atoms with Gasteiger partial charge in [0.2, 0.25) is 5.91 Å². The van der Waals surface area contributed by atoms with E-state index in [2.05, 4.69) is 35.6 Å². The van der Waals surface area contributed by atoms with E-state index in [0.717, 1.165) is 23.1 Å². The molecule has 0 radical (unpaired) electrons. The molecule has 0 unspecified atom stereocenters. The molecule has 1 amide bonds. The highest BCUT2D eigenvalue weighted by atomic mass is 32.2. The minimum atomic E-state index is -0.145. The number of nitrogens with zero attached hydrogens (tertiary/aromatic N) is 2. The van der Waals surface area contributed by atoms with Gasteiger partial charge in [-0.25, -0.2) is 4.98 Å². The first kappa shape index (κ1) is 19.2. The van der Waals surface area contributed by atoms with Crippen molar-refractivity contribution in [1.29, 1.82) is 0 Å². The Balaban J connectivity index is 2.06. The van der Waals surface area contributed by atoms with E-state index in [9.17, 15) is 9.59 Å². The number of carbonyl (C=O) groups excluding carboxylic acids is 2. The number of aromatic nitrogens is 2. The smallest absolute Gasteiger partial charge is 0.234 e. The number of anilines is 1. The maximum absolute atomic E-state index is 12.3. The maximum atomic E-state index is 12.3. The van der Waals surface area contributed by atoms with Crippen molar-refractivity contribution in [1.82, 2.24) is 9.55 Å². The van der Waals surface area contributed by atoms with E-state index in [0.29, 0.717) is 17.2 Å². The predicted molar refractivity (Wildman–Crippen MR) is 102 cm³/mol. The van der Waals surface area contributed by atoms with Crippen LogP contribution in [-0.2, 0) is 11.3 Å². The van der Waals surface area contributed by atoms with E-state index < -0.39 is 0 Å². The zero-order valence-corrected chi connectivity index (χ0v) is 16.2. The summed E-state index contributed by atoms with van der Waals surface area (Å²) in [4.78, 5) is 28.5. The van der Waals surface area contributed by atoms with Crippen molar-refractivity contribution in [2.24, 2.45) is 5.92 Å². The fourth-order valence-corrected chi connectivity index (χ4v) is 3.43. The van der Waals surface area contributed by atoms with Gasteiger partial charge in [0.05, 0.1) is 17.1 Å². The normalized spacial score (nSPS) is 11.0. The van der Waals surface area contributed by atoms with Gasteiger partial charge in [-0.2, -0.15) is 0 Å². The number of aryl methyl sites for hydroxylation is 1. The van der Waals surface area contributed by atoms with Crippen molar-refractivity contribution in [3.8, 4) is 0 Å². The van der Waals surface area contributed by atoms with Gasteiger partial charge in [0, 0.05) is 17.8 Å². The number of rotatable bonds is 7. The standard InChI is InChI=1S/C19H25N3O2S/c1-12(2)10-22-14(4)13(3)20-19(22)25-11-18(24)21-17-9-7-6-8-16(17)15(5)23/h6-9,12H,10-11H2,1-5H3,(H,21,24). The number of thioether (sulfide) groups is 1. The molecule has 6 heteroatoms. The lowest BCUT2D eigenvalue weighted by molar-refractivity contribution is -0.113. The summed E-state index contributed by atoms with van der Waals surface area (Å²) in [6.07, 6.45) is 0. The lowest BCUT2D eigenvalue weighted by Crippen LogP contribution is -2.17. The van der Waals surface area contributed by atoms with Gasteiger partial charge in [-0.1, -0.05) is 37.7 Å². The molecule has 0 aliphatic heterocycles. The maximum Gasteiger partial charge on any atom is 0.234 e. The van der Waals surface area contributed by atoms with Crippen molar-refractivity contribution in [3.63, 3.8) is 0 Å². The first-order valence-corrected chi connectivity index (χ1v) is 9.34. The van der Waals surface area contributed by atoms with Crippen LogP contribution in [0.1, 0.15) is 42.5 Å². The molecule has 5 nitrogen and oxygen atoms in total. The number of amides is 1. The van der Waals surface area contributed by atoms with Gasteiger partial charge >= 0.3 is 0 Å². The van der Waals surface area contributed by atoms with Crippen LogP contribution >= 0.6 is 11.8 Å². The molecule has 0 aliphatic carbocycles. The summed E-state index contributed by atoms with van der Waals surface area (Å²) in [6, 6.07) is 7.05. The van der Waals surface area contributed by atoms with Crippen LogP contribution in [0.25, 0.3) is 0 Å². The first-order chi connectivity index (χ1) is 11.8. The molecule has 0 aliphatic rings. The van der Waals surface area contributed by atoms with Crippen LogP contribution in [0.4, 0.5) is 5.69 Å². The van der Waals surface area contributed by atoms with Gasteiger partial charge in [0.1, 0.15) is 0 Å². The molecular formula is C19H25N3O2S. The number of benzene rings is 1. The molecule has 0 atom stereocenters. The minimum Gasteiger partial charge on any atom is -0.325 e. The molecule has 0 saturated heterocycles. The van der Waals surface area contributed by atoms with Crippen LogP contribution in [0.15, 0.2) is 29.4 Å². The summed E-state index contributed by atoms with van der Waals surface area (Å²) in [5.41, 5.74) is 3.20. The number of imidazole rings is 1. The van der Waals surface area contributed by atoms with Gasteiger partial charge in [0.25, 0.3) is 0 Å². The summed E-state index contributed by atoms with van der Waals surface area (Å²) in [7, 11) is 0. The molecule has 1 aromatic heterocycles. The van der Waals surface area contributed by atoms with Crippen molar-refractivity contribution in [2.45, 2.75) is 46.3 Å². The Morgan fingerprint density at radius 1 is 1.24 bits per heavy atom. The number of ketones is 1. The second-order valence-corrected chi connectivity index (χ2v) is 7.45. The molecule has 2 rings (SSSR count). The van der Waals surface area contributed by atoms with Crippen molar-refractivity contribution >= 4 is 29.1 Å². The molecule has 1 heterocycles. The second kappa shape index (κ2) is 8.34. The predicted octanol–water partition coefficient (Wildman–Crippen LogP) is 4.09. The topological polar surface area (TPSA) is 64.0 Å². The molecule has 1 aromatic carbocycles. The number of Topliss-reactive ketones (excluding diaryl/α,β-unsaturated/α-hetero) is 1. The molecule has 0 bridgehead atoms. The second-order valence-electron chi connectivity index (χ2n) is 6.51. The molecular weight excluding hydrogens is 334 g/mol. The summed E-state index contributed by atoms with van der Waals surface area (Å²) in [6.45, 7) is 10.7. The Morgan fingerprint density at radius 2 is 1.92 bits per heavy atom. The lowest BCUT2D eigenvalue weighted by atomic mass is 10.1. The molecule has 134 valence electrons. The largest absolute Gasteiger partial charge is 0.325 e. The molecule has 2 aromatic rings. The average Bonchev–Trinajstić information content (AvgIpc) is 2.80. The van der Waals surface area contributed by atoms with Gasteiger partial charge in [0.15, 0.2) is 10.9 Å². The molecule has 0 fully saturated rings. The van der Waals surface area contributed by atoms with Crippen LogP contribution < -0.4 is 5.32 Å². The van der Waals surface area contributed by atoms with Crippen molar-refractivity contribution < 1.29 is 9.59 Å². The van der Waals surface area contributed by atoms with E-state index in [-0.39, 0.29) is 17.4 Å². The van der Waals surface area contributed by atoms with E-state index in [1.807, 2.05) is 6.92 Å². The van der Waals surface area contributed by atoms with Crippen LogP contribution in [0.3, 0.4) is 0 Å². The third kappa shape index (κ3) is 4.95. The Bertz CT molecular complexity index is 781. The Kier molecular flexibility index (Phi) is 6.42. The monoisotopic (exact) mass is 359 g/mol. The van der Waals surface area contributed by atoms with Crippen LogP contribution in [0.2, 0.25) is 0 Å². The summed E-state index contributed by atoms with van der Waals surface area (Å²) < 4.78 is 2.17.